The summed E-state index contributed by atoms with van der Waals surface area (Å²) in [5.74, 6) is -0.505. The number of ether oxygens (including phenoxy) is 1. The van der Waals surface area contributed by atoms with Crippen molar-refractivity contribution in [1.29, 1.82) is 0 Å². The summed E-state index contributed by atoms with van der Waals surface area (Å²) in [5, 5.41) is 8.18. The van der Waals surface area contributed by atoms with Gasteiger partial charge in [0, 0.05) is 24.7 Å². The Bertz CT molecular complexity index is 1300. The summed E-state index contributed by atoms with van der Waals surface area (Å²) in [7, 11) is 1.60. The lowest BCUT2D eigenvalue weighted by Crippen LogP contribution is -2.11. The summed E-state index contributed by atoms with van der Waals surface area (Å²) in [6, 6.07) is 16.2. The van der Waals surface area contributed by atoms with Crippen LogP contribution in [0.4, 0.5) is 22.0 Å². The Hall–Kier alpha value is -3.53. The third-order valence-corrected chi connectivity index (χ3v) is 5.78. The summed E-state index contributed by atoms with van der Waals surface area (Å²) >= 11 is 0. The molecule has 1 atom stereocenters. The molecule has 0 N–H and O–H groups in total. The van der Waals surface area contributed by atoms with Gasteiger partial charge < -0.3 is 4.74 Å². The molecule has 0 saturated carbocycles. The van der Waals surface area contributed by atoms with E-state index in [2.05, 4.69) is 10.2 Å². The standard InChI is InChI=1S/C26H25F5N4O/c1-16(36-15-17-6-4-3-5-7-17)22-10-18(27)8-9-24(22)35-21(14-23(33-35)26(30)31)13-20-11-19(12-25(28)29)32-34(20)2/h3-11,14,16,25-26H,12-13,15H2,1-2H3/t16-/m1/s1. The van der Waals surface area contributed by atoms with Gasteiger partial charge in [0.15, 0.2) is 0 Å². The third kappa shape index (κ3) is 5.99. The van der Waals surface area contributed by atoms with Gasteiger partial charge in [0.1, 0.15) is 11.5 Å². The van der Waals surface area contributed by atoms with E-state index in [9.17, 15) is 22.0 Å². The van der Waals surface area contributed by atoms with Crippen LogP contribution in [-0.4, -0.2) is 26.0 Å². The molecule has 0 amide bonds. The average Bonchev–Trinajstić information content (AvgIpc) is 3.41. The minimum Gasteiger partial charge on any atom is -0.369 e. The number of aryl methyl sites for hydroxylation is 1. The molecule has 10 heteroatoms. The van der Waals surface area contributed by atoms with Crippen LogP contribution in [0.25, 0.3) is 5.69 Å². The number of benzene rings is 2. The maximum absolute atomic E-state index is 14.2. The van der Waals surface area contributed by atoms with E-state index in [4.69, 9.17) is 4.74 Å². The average molecular weight is 505 g/mol. The van der Waals surface area contributed by atoms with Crippen molar-refractivity contribution >= 4 is 0 Å². The molecular formula is C26H25F5N4O. The number of nitrogens with zero attached hydrogens (tertiary/aromatic N) is 4. The second-order valence-corrected chi connectivity index (χ2v) is 8.44. The van der Waals surface area contributed by atoms with Gasteiger partial charge in [-0.15, -0.1) is 0 Å². The minimum atomic E-state index is -2.83. The lowest BCUT2D eigenvalue weighted by atomic mass is 10.1. The highest BCUT2D eigenvalue weighted by Crippen LogP contribution is 2.30. The Balaban J connectivity index is 1.69. The molecule has 2 aromatic heterocycles. The molecule has 2 aromatic carbocycles. The number of hydrogen-bond acceptors (Lipinski definition) is 3. The monoisotopic (exact) mass is 504 g/mol. The summed E-state index contributed by atoms with van der Waals surface area (Å²) < 4.78 is 75.8. The Morgan fingerprint density at radius 1 is 0.917 bits per heavy atom. The van der Waals surface area contributed by atoms with Gasteiger partial charge in [-0.25, -0.2) is 26.6 Å². The first-order chi connectivity index (χ1) is 17.2. The second kappa shape index (κ2) is 11.0. The fourth-order valence-corrected chi connectivity index (χ4v) is 3.99. The molecular weight excluding hydrogens is 479 g/mol. The smallest absolute Gasteiger partial charge is 0.282 e. The zero-order valence-electron chi connectivity index (χ0n) is 19.7. The lowest BCUT2D eigenvalue weighted by Gasteiger charge is -2.19. The molecule has 190 valence electrons. The van der Waals surface area contributed by atoms with Gasteiger partial charge in [-0.1, -0.05) is 30.3 Å². The molecule has 0 spiro atoms. The van der Waals surface area contributed by atoms with Crippen molar-refractivity contribution in [3.8, 4) is 5.69 Å². The molecule has 0 aliphatic rings. The first-order valence-corrected chi connectivity index (χ1v) is 11.3. The number of halogens is 5. The molecule has 0 aliphatic heterocycles. The zero-order chi connectivity index (χ0) is 25.8. The minimum absolute atomic E-state index is 0.0997. The van der Waals surface area contributed by atoms with Gasteiger partial charge in [0.05, 0.1) is 36.2 Å². The number of rotatable bonds is 10. The fourth-order valence-electron chi connectivity index (χ4n) is 3.99. The van der Waals surface area contributed by atoms with Gasteiger partial charge in [-0.05, 0) is 42.8 Å². The Morgan fingerprint density at radius 2 is 1.67 bits per heavy atom. The van der Waals surface area contributed by atoms with Crippen LogP contribution in [0.1, 0.15) is 53.4 Å². The summed E-state index contributed by atoms with van der Waals surface area (Å²) in [6.45, 7) is 2.02. The lowest BCUT2D eigenvalue weighted by molar-refractivity contribution is 0.0522. The topological polar surface area (TPSA) is 44.9 Å². The molecule has 0 bridgehead atoms. The highest BCUT2D eigenvalue weighted by molar-refractivity contribution is 5.44. The van der Waals surface area contributed by atoms with Crippen molar-refractivity contribution < 1.29 is 26.7 Å². The molecule has 5 nitrogen and oxygen atoms in total. The molecule has 0 unspecified atom stereocenters. The maximum Gasteiger partial charge on any atom is 0.282 e. The van der Waals surface area contributed by atoms with Gasteiger partial charge in [0.2, 0.25) is 6.43 Å². The molecule has 4 aromatic rings. The first-order valence-electron chi connectivity index (χ1n) is 11.3. The van der Waals surface area contributed by atoms with Crippen LogP contribution in [0.15, 0.2) is 60.7 Å². The van der Waals surface area contributed by atoms with Crippen molar-refractivity contribution in [3.05, 3.63) is 100 Å². The van der Waals surface area contributed by atoms with Crippen molar-refractivity contribution in [2.75, 3.05) is 0 Å². The molecule has 0 radical (unpaired) electrons. The second-order valence-electron chi connectivity index (χ2n) is 8.44. The quantitative estimate of drug-likeness (QED) is 0.236. The molecule has 36 heavy (non-hydrogen) atoms. The van der Waals surface area contributed by atoms with E-state index in [1.807, 2.05) is 30.3 Å². The van der Waals surface area contributed by atoms with Gasteiger partial charge in [-0.2, -0.15) is 10.2 Å². The maximum atomic E-state index is 14.2. The van der Waals surface area contributed by atoms with Crippen molar-refractivity contribution in [2.24, 2.45) is 7.05 Å². The van der Waals surface area contributed by atoms with Gasteiger partial charge in [0.25, 0.3) is 6.43 Å². The zero-order valence-corrected chi connectivity index (χ0v) is 19.7. The summed E-state index contributed by atoms with van der Waals surface area (Å²) in [6.07, 6.45) is -6.38. The highest BCUT2D eigenvalue weighted by Gasteiger charge is 2.22. The van der Waals surface area contributed by atoms with Gasteiger partial charge in [-0.3, -0.25) is 4.68 Å². The predicted octanol–water partition coefficient (Wildman–Crippen LogP) is 6.36. The molecule has 2 heterocycles. The van der Waals surface area contributed by atoms with E-state index >= 15 is 0 Å². The first kappa shape index (κ1) is 25.6. The van der Waals surface area contributed by atoms with Crippen LogP contribution in [0.3, 0.4) is 0 Å². The van der Waals surface area contributed by atoms with Crippen molar-refractivity contribution in [1.82, 2.24) is 19.6 Å². The van der Waals surface area contributed by atoms with Crippen molar-refractivity contribution in [2.45, 2.75) is 45.3 Å². The molecule has 0 fully saturated rings. The molecule has 0 saturated heterocycles. The van der Waals surface area contributed by atoms with E-state index in [0.29, 0.717) is 22.6 Å². The van der Waals surface area contributed by atoms with Crippen LogP contribution in [0, 0.1) is 5.82 Å². The largest absolute Gasteiger partial charge is 0.369 e. The Morgan fingerprint density at radius 3 is 2.36 bits per heavy atom. The van der Waals surface area contributed by atoms with E-state index in [1.165, 1.54) is 39.7 Å². The molecule has 4 rings (SSSR count). The third-order valence-electron chi connectivity index (χ3n) is 5.78. The predicted molar refractivity (Wildman–Crippen MR) is 124 cm³/mol. The number of hydrogen-bond donors (Lipinski definition) is 0. The van der Waals surface area contributed by atoms with E-state index in [-0.39, 0.29) is 18.7 Å². The van der Waals surface area contributed by atoms with Crippen LogP contribution in [-0.2, 0) is 31.2 Å². The van der Waals surface area contributed by atoms with Crippen LogP contribution in [0.5, 0.6) is 0 Å². The van der Waals surface area contributed by atoms with E-state index in [1.54, 1.807) is 14.0 Å². The van der Waals surface area contributed by atoms with E-state index < -0.39 is 36.9 Å². The summed E-state index contributed by atoms with van der Waals surface area (Å²) in [5.41, 5.74) is 2.41. The fraction of sp³-hybridized carbons (Fsp3) is 0.308. The van der Waals surface area contributed by atoms with E-state index in [0.717, 1.165) is 5.56 Å². The molecule has 0 aliphatic carbocycles. The van der Waals surface area contributed by atoms with Crippen LogP contribution < -0.4 is 0 Å². The highest BCUT2D eigenvalue weighted by atomic mass is 19.3. The Kier molecular flexibility index (Phi) is 7.83. The number of alkyl halides is 4. The van der Waals surface area contributed by atoms with Gasteiger partial charge >= 0.3 is 0 Å². The normalized spacial score (nSPS) is 12.6. The SMILES string of the molecule is C[C@@H](OCc1ccccc1)c1cc(F)ccc1-n1nc(C(F)F)cc1Cc1cc(CC(F)F)nn1C. The van der Waals surface area contributed by atoms with Crippen molar-refractivity contribution in [3.63, 3.8) is 0 Å². The Labute approximate surface area is 205 Å². The van der Waals surface area contributed by atoms with Crippen LogP contribution >= 0.6 is 0 Å². The summed E-state index contributed by atoms with van der Waals surface area (Å²) in [4.78, 5) is 0. The number of aromatic nitrogens is 4. The van der Waals surface area contributed by atoms with Crippen LogP contribution in [0.2, 0.25) is 0 Å².